The monoisotopic (exact) mass is 357 g/mol. The van der Waals surface area contributed by atoms with Crippen molar-refractivity contribution in [1.82, 2.24) is 0 Å². The Labute approximate surface area is 128 Å². The molecule has 3 nitrogen and oxygen atoms in total. The second kappa shape index (κ2) is 6.41. The zero-order chi connectivity index (χ0) is 13.8. The van der Waals surface area contributed by atoms with Gasteiger partial charge in [-0.25, -0.2) is 0 Å². The Morgan fingerprint density at radius 2 is 2.00 bits per heavy atom. The van der Waals surface area contributed by atoms with Crippen LogP contribution in [-0.2, 0) is 5.75 Å². The Morgan fingerprint density at radius 1 is 1.26 bits per heavy atom. The lowest BCUT2D eigenvalue weighted by Crippen LogP contribution is -1.91. The summed E-state index contributed by atoms with van der Waals surface area (Å²) in [6, 6.07) is 12.7. The Bertz CT molecular complexity index is 621. The SMILES string of the molecule is O=[N+]([O-])c1cc(CSc2ccccc2Cl)ccc1Br. The van der Waals surface area contributed by atoms with Crippen molar-refractivity contribution in [2.45, 2.75) is 10.6 Å². The summed E-state index contributed by atoms with van der Waals surface area (Å²) in [7, 11) is 0. The van der Waals surface area contributed by atoms with Crippen molar-refractivity contribution in [3.05, 3.63) is 67.6 Å². The smallest absolute Gasteiger partial charge is 0.258 e. The summed E-state index contributed by atoms with van der Waals surface area (Å²) in [5.74, 6) is 0.637. The Morgan fingerprint density at radius 3 is 2.68 bits per heavy atom. The van der Waals surface area contributed by atoms with E-state index >= 15 is 0 Å². The normalized spacial score (nSPS) is 10.4. The maximum absolute atomic E-state index is 10.8. The second-order valence-corrected chi connectivity index (χ2v) is 6.04. The summed E-state index contributed by atoms with van der Waals surface area (Å²) >= 11 is 10.8. The van der Waals surface area contributed by atoms with E-state index in [0.29, 0.717) is 15.2 Å². The molecular weight excluding hydrogens is 350 g/mol. The number of nitro groups is 1. The molecule has 0 aromatic heterocycles. The molecule has 0 aliphatic heterocycles. The quantitative estimate of drug-likeness (QED) is 0.423. The molecule has 0 aliphatic carbocycles. The van der Waals surface area contributed by atoms with Crippen molar-refractivity contribution in [3.63, 3.8) is 0 Å². The van der Waals surface area contributed by atoms with Gasteiger partial charge in [0.05, 0.1) is 14.4 Å². The van der Waals surface area contributed by atoms with Gasteiger partial charge in [0.1, 0.15) is 0 Å². The van der Waals surface area contributed by atoms with E-state index in [2.05, 4.69) is 15.9 Å². The molecule has 0 aliphatic rings. The van der Waals surface area contributed by atoms with Gasteiger partial charge in [0.2, 0.25) is 0 Å². The van der Waals surface area contributed by atoms with Crippen LogP contribution in [0.1, 0.15) is 5.56 Å². The maximum Gasteiger partial charge on any atom is 0.283 e. The van der Waals surface area contributed by atoms with Gasteiger partial charge < -0.3 is 0 Å². The van der Waals surface area contributed by atoms with Crippen LogP contribution in [0.15, 0.2) is 51.8 Å². The molecule has 0 saturated carbocycles. The summed E-state index contributed by atoms with van der Waals surface area (Å²) < 4.78 is 0.490. The van der Waals surface area contributed by atoms with E-state index in [1.807, 2.05) is 30.3 Å². The molecule has 0 spiro atoms. The van der Waals surface area contributed by atoms with Gasteiger partial charge in [-0.15, -0.1) is 11.8 Å². The van der Waals surface area contributed by atoms with E-state index in [9.17, 15) is 10.1 Å². The molecule has 0 bridgehead atoms. The number of benzene rings is 2. The number of nitrogens with zero attached hydrogens (tertiary/aromatic N) is 1. The molecule has 0 heterocycles. The van der Waals surface area contributed by atoms with Crippen molar-refractivity contribution in [1.29, 1.82) is 0 Å². The summed E-state index contributed by atoms with van der Waals surface area (Å²) in [4.78, 5) is 11.4. The molecule has 0 amide bonds. The summed E-state index contributed by atoms with van der Waals surface area (Å²) in [5.41, 5.74) is 0.970. The van der Waals surface area contributed by atoms with Crippen LogP contribution < -0.4 is 0 Å². The van der Waals surface area contributed by atoms with E-state index < -0.39 is 4.92 Å². The van der Waals surface area contributed by atoms with Crippen molar-refractivity contribution in [2.75, 3.05) is 0 Å². The van der Waals surface area contributed by atoms with Gasteiger partial charge in [-0.05, 0) is 39.7 Å². The van der Waals surface area contributed by atoms with Crippen LogP contribution in [0.4, 0.5) is 5.69 Å². The van der Waals surface area contributed by atoms with Gasteiger partial charge in [0, 0.05) is 16.7 Å². The van der Waals surface area contributed by atoms with E-state index in [-0.39, 0.29) is 5.69 Å². The van der Waals surface area contributed by atoms with Crippen LogP contribution in [0, 0.1) is 10.1 Å². The van der Waals surface area contributed by atoms with Gasteiger partial charge in [-0.2, -0.15) is 0 Å². The summed E-state index contributed by atoms with van der Waals surface area (Å²) in [5, 5.41) is 11.5. The predicted molar refractivity (Wildman–Crippen MR) is 81.8 cm³/mol. The highest BCUT2D eigenvalue weighted by molar-refractivity contribution is 9.10. The molecule has 0 fully saturated rings. The van der Waals surface area contributed by atoms with Gasteiger partial charge in [-0.1, -0.05) is 29.8 Å². The molecule has 0 radical (unpaired) electrons. The summed E-state index contributed by atoms with van der Waals surface area (Å²) in [6.07, 6.45) is 0. The standard InChI is InChI=1S/C13H9BrClNO2S/c14-10-6-5-9(7-12(10)16(17)18)8-19-13-4-2-1-3-11(13)15/h1-7H,8H2. The average Bonchev–Trinajstić information content (AvgIpc) is 2.39. The molecule has 98 valence electrons. The zero-order valence-corrected chi connectivity index (χ0v) is 12.8. The fourth-order valence-electron chi connectivity index (χ4n) is 1.51. The highest BCUT2D eigenvalue weighted by Crippen LogP contribution is 2.32. The number of halogens is 2. The van der Waals surface area contributed by atoms with E-state index in [4.69, 9.17) is 11.6 Å². The predicted octanol–water partition coefficient (Wildman–Crippen LogP) is 5.30. The summed E-state index contributed by atoms with van der Waals surface area (Å²) in [6.45, 7) is 0. The molecule has 0 atom stereocenters. The van der Waals surface area contributed by atoms with Gasteiger partial charge in [0.15, 0.2) is 0 Å². The van der Waals surface area contributed by atoms with Crippen LogP contribution in [0.25, 0.3) is 0 Å². The fourth-order valence-corrected chi connectivity index (χ4v) is 3.08. The average molecular weight is 359 g/mol. The Hall–Kier alpha value is -1.04. The van der Waals surface area contributed by atoms with Crippen molar-refractivity contribution < 1.29 is 4.92 Å². The van der Waals surface area contributed by atoms with Crippen molar-refractivity contribution in [2.24, 2.45) is 0 Å². The minimum absolute atomic E-state index is 0.0808. The lowest BCUT2D eigenvalue weighted by atomic mass is 10.2. The van der Waals surface area contributed by atoms with E-state index in [1.165, 1.54) is 0 Å². The lowest BCUT2D eigenvalue weighted by molar-refractivity contribution is -0.385. The number of rotatable bonds is 4. The number of hydrogen-bond donors (Lipinski definition) is 0. The maximum atomic E-state index is 10.8. The first-order chi connectivity index (χ1) is 9.08. The van der Waals surface area contributed by atoms with Crippen LogP contribution in [-0.4, -0.2) is 4.92 Å². The van der Waals surface area contributed by atoms with E-state index in [1.54, 1.807) is 23.9 Å². The first-order valence-corrected chi connectivity index (χ1v) is 7.54. The Balaban J connectivity index is 2.14. The highest BCUT2D eigenvalue weighted by Gasteiger charge is 2.12. The molecule has 6 heteroatoms. The minimum atomic E-state index is -0.395. The minimum Gasteiger partial charge on any atom is -0.258 e. The van der Waals surface area contributed by atoms with Gasteiger partial charge >= 0.3 is 0 Å². The van der Waals surface area contributed by atoms with Crippen molar-refractivity contribution in [3.8, 4) is 0 Å². The molecule has 2 rings (SSSR count). The lowest BCUT2D eigenvalue weighted by Gasteiger charge is -2.04. The highest BCUT2D eigenvalue weighted by atomic mass is 79.9. The number of thioether (sulfide) groups is 1. The fraction of sp³-hybridized carbons (Fsp3) is 0.0769. The largest absolute Gasteiger partial charge is 0.283 e. The molecule has 0 N–H and O–H groups in total. The number of nitro benzene ring substituents is 1. The zero-order valence-electron chi connectivity index (χ0n) is 9.68. The third-order valence-electron chi connectivity index (χ3n) is 2.44. The van der Waals surface area contributed by atoms with Crippen LogP contribution in [0.5, 0.6) is 0 Å². The molecule has 0 saturated heterocycles. The van der Waals surface area contributed by atoms with Crippen LogP contribution in [0.3, 0.4) is 0 Å². The molecule has 19 heavy (non-hydrogen) atoms. The first-order valence-electron chi connectivity index (χ1n) is 5.38. The van der Waals surface area contributed by atoms with Gasteiger partial charge in [0.25, 0.3) is 5.69 Å². The number of hydrogen-bond acceptors (Lipinski definition) is 3. The molecular formula is C13H9BrClNO2S. The molecule has 2 aromatic carbocycles. The molecule has 0 unspecified atom stereocenters. The first kappa shape index (κ1) is 14.4. The van der Waals surface area contributed by atoms with Crippen LogP contribution >= 0.6 is 39.3 Å². The molecule has 2 aromatic rings. The van der Waals surface area contributed by atoms with E-state index in [0.717, 1.165) is 10.5 Å². The third-order valence-corrected chi connectivity index (χ3v) is 4.70. The third kappa shape index (κ3) is 3.72. The van der Waals surface area contributed by atoms with Crippen LogP contribution in [0.2, 0.25) is 5.02 Å². The topological polar surface area (TPSA) is 43.1 Å². The van der Waals surface area contributed by atoms with Gasteiger partial charge in [-0.3, -0.25) is 10.1 Å². The van der Waals surface area contributed by atoms with Crippen molar-refractivity contribution >= 4 is 45.0 Å². The second-order valence-electron chi connectivity index (χ2n) is 3.76. The Kier molecular flexibility index (Phi) is 4.85.